The van der Waals surface area contributed by atoms with Gasteiger partial charge in [-0.05, 0) is 28.7 Å². The van der Waals surface area contributed by atoms with E-state index in [9.17, 15) is 0 Å². The minimum atomic E-state index is -0.0200. The highest BCUT2D eigenvalue weighted by Crippen LogP contribution is 2.71. The molecule has 0 heterocycles. The lowest BCUT2D eigenvalue weighted by Crippen LogP contribution is -2.17. The van der Waals surface area contributed by atoms with Gasteiger partial charge in [-0.2, -0.15) is 0 Å². The number of hydrogen-bond donors (Lipinski definition) is 0. The molecule has 1 unspecified atom stereocenters. The Morgan fingerprint density at radius 1 is 0.680 bits per heavy atom. The second kappa shape index (κ2) is 6.00. The largest absolute Gasteiger partial charge is 0.261 e. The molecule has 0 spiro atoms. The number of nitrogens with zero attached hydrogens (tertiary/aromatic N) is 1. The molecule has 0 aliphatic heterocycles. The van der Waals surface area contributed by atoms with Gasteiger partial charge in [0.25, 0.3) is 0 Å². The predicted octanol–water partition coefficient (Wildman–Crippen LogP) is 6.03. The zero-order valence-corrected chi connectivity index (χ0v) is 14.8. The van der Waals surface area contributed by atoms with Crippen molar-refractivity contribution in [2.45, 2.75) is 19.3 Å². The Bertz CT molecular complexity index is 824. The van der Waals surface area contributed by atoms with Crippen LogP contribution < -0.4 is 0 Å². The van der Waals surface area contributed by atoms with Gasteiger partial charge in [0.05, 0.1) is 5.69 Å². The molecule has 0 aromatic heterocycles. The Kier molecular flexibility index (Phi) is 3.80. The van der Waals surface area contributed by atoms with Crippen molar-refractivity contribution in [1.82, 2.24) is 0 Å². The van der Waals surface area contributed by atoms with Crippen LogP contribution in [0.4, 0.5) is 5.69 Å². The van der Waals surface area contributed by atoms with E-state index in [1.54, 1.807) is 0 Å². The minimum Gasteiger partial charge on any atom is -0.261 e. The molecule has 0 bridgehead atoms. The summed E-state index contributed by atoms with van der Waals surface area (Å²) in [6.07, 6.45) is 2.16. The van der Waals surface area contributed by atoms with Crippen LogP contribution in [0.25, 0.3) is 0 Å². The topological polar surface area (TPSA) is 12.4 Å². The summed E-state index contributed by atoms with van der Waals surface area (Å²) >= 11 is 0. The van der Waals surface area contributed by atoms with Crippen molar-refractivity contribution < 1.29 is 0 Å². The molecular weight excluding hydrogens is 302 g/mol. The van der Waals surface area contributed by atoms with Gasteiger partial charge < -0.3 is 0 Å². The first-order valence-electron chi connectivity index (χ1n) is 8.87. The van der Waals surface area contributed by atoms with Crippen molar-refractivity contribution in [3.63, 3.8) is 0 Å². The monoisotopic (exact) mass is 325 g/mol. The Balaban J connectivity index is 1.81. The van der Waals surface area contributed by atoms with E-state index in [1.807, 2.05) is 18.2 Å². The van der Waals surface area contributed by atoms with E-state index in [0.29, 0.717) is 5.92 Å². The zero-order chi connectivity index (χ0) is 17.3. The van der Waals surface area contributed by atoms with Crippen molar-refractivity contribution >= 4 is 11.9 Å². The standard InChI is InChI=1S/C24H23N/c1-23(2)22(18-25-21-16-10-5-11-17-21)24(23,19-12-6-3-7-13-19)20-14-8-4-9-15-20/h3-18,22H,1-2H3. The van der Waals surface area contributed by atoms with E-state index < -0.39 is 0 Å². The second-order valence-electron chi connectivity index (χ2n) is 7.35. The van der Waals surface area contributed by atoms with Gasteiger partial charge in [-0.15, -0.1) is 0 Å². The Labute approximate surface area is 150 Å². The molecule has 1 fully saturated rings. The van der Waals surface area contributed by atoms with E-state index in [0.717, 1.165) is 5.69 Å². The smallest absolute Gasteiger partial charge is 0.0625 e. The van der Waals surface area contributed by atoms with Crippen LogP contribution in [0.2, 0.25) is 0 Å². The van der Waals surface area contributed by atoms with Crippen LogP contribution in [0.5, 0.6) is 0 Å². The van der Waals surface area contributed by atoms with Crippen LogP contribution in [0.15, 0.2) is 96.0 Å². The Hall–Kier alpha value is -2.67. The SMILES string of the molecule is CC1(C)C(C=Nc2ccccc2)C1(c1ccccc1)c1ccccc1. The fraction of sp³-hybridized carbons (Fsp3) is 0.208. The highest BCUT2D eigenvalue weighted by Gasteiger charge is 2.71. The number of rotatable bonds is 4. The van der Waals surface area contributed by atoms with Gasteiger partial charge in [0.1, 0.15) is 0 Å². The first-order valence-corrected chi connectivity index (χ1v) is 8.87. The average molecular weight is 325 g/mol. The lowest BCUT2D eigenvalue weighted by Gasteiger charge is -2.22. The summed E-state index contributed by atoms with van der Waals surface area (Å²) in [5, 5.41) is 0. The van der Waals surface area contributed by atoms with Crippen molar-refractivity contribution in [2.75, 3.05) is 0 Å². The zero-order valence-electron chi connectivity index (χ0n) is 14.8. The highest BCUT2D eigenvalue weighted by molar-refractivity contribution is 5.78. The second-order valence-corrected chi connectivity index (χ2v) is 7.35. The van der Waals surface area contributed by atoms with Crippen LogP contribution in [0.1, 0.15) is 25.0 Å². The van der Waals surface area contributed by atoms with Gasteiger partial charge >= 0.3 is 0 Å². The van der Waals surface area contributed by atoms with Gasteiger partial charge in [0.2, 0.25) is 0 Å². The normalized spacial score (nSPS) is 20.5. The summed E-state index contributed by atoms with van der Waals surface area (Å²) in [7, 11) is 0. The Morgan fingerprint density at radius 2 is 1.12 bits per heavy atom. The summed E-state index contributed by atoms with van der Waals surface area (Å²) in [4.78, 5) is 4.79. The third kappa shape index (κ3) is 2.42. The van der Waals surface area contributed by atoms with Crippen LogP contribution in [0, 0.1) is 11.3 Å². The summed E-state index contributed by atoms with van der Waals surface area (Å²) in [6, 6.07) is 32.0. The number of benzene rings is 3. The summed E-state index contributed by atoms with van der Waals surface area (Å²) in [5.74, 6) is 0.366. The third-order valence-electron chi connectivity index (χ3n) is 5.76. The molecule has 1 saturated carbocycles. The van der Waals surface area contributed by atoms with E-state index in [-0.39, 0.29) is 10.8 Å². The molecule has 25 heavy (non-hydrogen) atoms. The van der Waals surface area contributed by atoms with E-state index in [4.69, 9.17) is 4.99 Å². The van der Waals surface area contributed by atoms with E-state index in [2.05, 4.69) is 92.9 Å². The minimum absolute atomic E-state index is 0.0200. The third-order valence-corrected chi connectivity index (χ3v) is 5.76. The maximum absolute atomic E-state index is 4.79. The molecule has 1 aliphatic carbocycles. The molecule has 124 valence electrons. The van der Waals surface area contributed by atoms with E-state index >= 15 is 0 Å². The Morgan fingerprint density at radius 3 is 1.60 bits per heavy atom. The van der Waals surface area contributed by atoms with Crippen molar-refractivity contribution in [3.05, 3.63) is 102 Å². The molecule has 1 heteroatoms. The molecule has 1 nitrogen and oxygen atoms in total. The molecule has 4 rings (SSSR count). The molecule has 3 aromatic rings. The first kappa shape index (κ1) is 15.8. The fourth-order valence-electron chi connectivity index (χ4n) is 4.45. The maximum atomic E-state index is 4.79. The molecule has 3 aromatic carbocycles. The molecular formula is C24H23N. The first-order chi connectivity index (χ1) is 12.2. The molecule has 0 N–H and O–H groups in total. The average Bonchev–Trinajstić information content (AvgIpc) is 3.18. The van der Waals surface area contributed by atoms with Crippen LogP contribution in [0.3, 0.4) is 0 Å². The highest BCUT2D eigenvalue weighted by atomic mass is 14.8. The lowest BCUT2D eigenvalue weighted by atomic mass is 9.81. The maximum Gasteiger partial charge on any atom is 0.0625 e. The van der Waals surface area contributed by atoms with Gasteiger partial charge in [-0.3, -0.25) is 4.99 Å². The van der Waals surface area contributed by atoms with Gasteiger partial charge in [0.15, 0.2) is 0 Å². The lowest BCUT2D eigenvalue weighted by molar-refractivity contribution is 0.548. The van der Waals surface area contributed by atoms with Gasteiger partial charge in [-0.1, -0.05) is 92.7 Å². The molecule has 0 saturated heterocycles. The molecule has 0 amide bonds. The van der Waals surface area contributed by atoms with Crippen LogP contribution >= 0.6 is 0 Å². The summed E-state index contributed by atoms with van der Waals surface area (Å²) in [5.41, 5.74) is 3.86. The summed E-state index contributed by atoms with van der Waals surface area (Å²) in [6.45, 7) is 4.71. The predicted molar refractivity (Wildman–Crippen MR) is 106 cm³/mol. The van der Waals surface area contributed by atoms with Gasteiger partial charge in [-0.25, -0.2) is 0 Å². The van der Waals surface area contributed by atoms with Crippen LogP contribution in [-0.4, -0.2) is 6.21 Å². The van der Waals surface area contributed by atoms with Crippen molar-refractivity contribution in [3.8, 4) is 0 Å². The fourth-order valence-corrected chi connectivity index (χ4v) is 4.45. The number of aliphatic imine (C=N–C) groups is 1. The van der Waals surface area contributed by atoms with E-state index in [1.165, 1.54) is 11.1 Å². The molecule has 1 aliphatic rings. The van der Waals surface area contributed by atoms with Crippen LogP contribution in [-0.2, 0) is 5.41 Å². The molecule has 1 atom stereocenters. The van der Waals surface area contributed by atoms with Crippen molar-refractivity contribution in [2.24, 2.45) is 16.3 Å². The molecule has 0 radical (unpaired) electrons. The van der Waals surface area contributed by atoms with Crippen molar-refractivity contribution in [1.29, 1.82) is 0 Å². The van der Waals surface area contributed by atoms with Gasteiger partial charge in [0, 0.05) is 17.5 Å². The number of hydrogen-bond acceptors (Lipinski definition) is 1. The number of para-hydroxylation sites is 1. The summed E-state index contributed by atoms with van der Waals surface area (Å²) < 4.78 is 0. The quantitative estimate of drug-likeness (QED) is 0.519.